The first-order valence-corrected chi connectivity index (χ1v) is 10.1. The van der Waals surface area contributed by atoms with Crippen molar-refractivity contribution < 1.29 is 9.47 Å². The molecule has 1 aromatic carbocycles. The van der Waals surface area contributed by atoms with Crippen LogP contribution in [0.3, 0.4) is 0 Å². The number of hydrogen-bond donors (Lipinski definition) is 1. The topological polar surface area (TPSA) is 83.3 Å². The Bertz CT molecular complexity index is 1150. The molecule has 3 heterocycles. The van der Waals surface area contributed by atoms with E-state index in [1.54, 1.807) is 12.4 Å². The molecule has 0 atom stereocenters. The molecule has 0 saturated carbocycles. The second kappa shape index (κ2) is 8.93. The van der Waals surface area contributed by atoms with Crippen molar-refractivity contribution in [2.75, 3.05) is 13.2 Å². The highest BCUT2D eigenvalue weighted by atomic mass is 16.5. The molecule has 6 nitrogen and oxygen atoms in total. The van der Waals surface area contributed by atoms with Crippen LogP contribution in [-0.4, -0.2) is 35.5 Å². The van der Waals surface area contributed by atoms with E-state index in [1.165, 1.54) is 0 Å². The number of aliphatic imine (C=N–C) groups is 1. The van der Waals surface area contributed by atoms with E-state index in [1.807, 2.05) is 44.3 Å². The fourth-order valence-corrected chi connectivity index (χ4v) is 3.61. The summed E-state index contributed by atoms with van der Waals surface area (Å²) in [5.74, 6) is 0.629. The van der Waals surface area contributed by atoms with Crippen molar-refractivity contribution in [2.24, 2.45) is 4.99 Å². The van der Waals surface area contributed by atoms with Gasteiger partial charge in [0.15, 0.2) is 0 Å². The molecule has 3 aromatic rings. The van der Waals surface area contributed by atoms with E-state index in [4.69, 9.17) is 9.47 Å². The number of aromatic nitrogens is 2. The average Bonchev–Trinajstić information content (AvgIpc) is 3.23. The summed E-state index contributed by atoms with van der Waals surface area (Å²) in [4.78, 5) is 12.0. The van der Waals surface area contributed by atoms with E-state index in [9.17, 15) is 5.26 Å². The summed E-state index contributed by atoms with van der Waals surface area (Å²) in [6, 6.07) is 12.1. The van der Waals surface area contributed by atoms with Crippen LogP contribution in [0.4, 0.5) is 0 Å². The number of nitriles is 1. The lowest BCUT2D eigenvalue weighted by molar-refractivity contribution is 0.0254. The molecule has 0 bridgehead atoms. The van der Waals surface area contributed by atoms with Gasteiger partial charge in [-0.3, -0.25) is 4.99 Å². The molecule has 0 spiro atoms. The Morgan fingerprint density at radius 3 is 2.90 bits per heavy atom. The smallest absolute Gasteiger partial charge is 0.138 e. The zero-order valence-corrected chi connectivity index (χ0v) is 17.2. The van der Waals surface area contributed by atoms with Crippen LogP contribution in [0.15, 0.2) is 47.7 Å². The van der Waals surface area contributed by atoms with Gasteiger partial charge in [-0.25, -0.2) is 4.98 Å². The number of hydrogen-bond acceptors (Lipinski definition) is 5. The van der Waals surface area contributed by atoms with E-state index >= 15 is 0 Å². The summed E-state index contributed by atoms with van der Waals surface area (Å²) >= 11 is 0. The van der Waals surface area contributed by atoms with Gasteiger partial charge in [0.05, 0.1) is 18.8 Å². The lowest BCUT2D eigenvalue weighted by Crippen LogP contribution is -2.26. The first-order valence-electron chi connectivity index (χ1n) is 10.1. The zero-order valence-electron chi connectivity index (χ0n) is 17.2. The summed E-state index contributed by atoms with van der Waals surface area (Å²) < 4.78 is 11.5. The molecule has 1 aliphatic heterocycles. The number of allylic oxidation sites excluding steroid dienone is 1. The van der Waals surface area contributed by atoms with Crippen molar-refractivity contribution in [1.82, 2.24) is 9.97 Å². The van der Waals surface area contributed by atoms with Crippen LogP contribution < -0.4 is 4.74 Å². The standard InChI is InChI=1S/C24H24N4O2/c1-3-26-15-16(2)22-13-21-20(6-9-27-24(21)28-22)17-4-5-23(18(12-17)14-25)30-19-7-10-29-11-8-19/h3-6,9,12-13,15,19H,7-8,10-11H2,1-2H3,(H,27,28)/b16-15+,26-3?. The minimum absolute atomic E-state index is 0.0945. The Morgan fingerprint density at radius 2 is 2.13 bits per heavy atom. The van der Waals surface area contributed by atoms with Gasteiger partial charge in [0, 0.05) is 42.5 Å². The molecular formula is C24H24N4O2. The Hall–Kier alpha value is -3.43. The first kappa shape index (κ1) is 19.9. The summed E-state index contributed by atoms with van der Waals surface area (Å²) in [7, 11) is 0. The van der Waals surface area contributed by atoms with Gasteiger partial charge in [0.1, 0.15) is 23.6 Å². The number of rotatable bonds is 5. The Labute approximate surface area is 175 Å². The Morgan fingerprint density at radius 1 is 1.30 bits per heavy atom. The van der Waals surface area contributed by atoms with Crippen molar-refractivity contribution in [3.05, 3.63) is 54.0 Å². The van der Waals surface area contributed by atoms with Gasteiger partial charge in [-0.2, -0.15) is 5.26 Å². The lowest BCUT2D eigenvalue weighted by atomic mass is 10.0. The average molecular weight is 400 g/mol. The summed E-state index contributed by atoms with van der Waals surface area (Å²) in [5.41, 5.74) is 5.30. The maximum Gasteiger partial charge on any atom is 0.138 e. The van der Waals surface area contributed by atoms with Crippen molar-refractivity contribution in [3.8, 4) is 22.9 Å². The van der Waals surface area contributed by atoms with Crippen molar-refractivity contribution in [2.45, 2.75) is 32.8 Å². The molecule has 6 heteroatoms. The number of ether oxygens (including phenoxy) is 2. The highest BCUT2D eigenvalue weighted by Gasteiger charge is 2.18. The fourth-order valence-electron chi connectivity index (χ4n) is 3.61. The van der Waals surface area contributed by atoms with Crippen LogP contribution in [-0.2, 0) is 4.74 Å². The van der Waals surface area contributed by atoms with Crippen LogP contribution in [0.1, 0.15) is 37.9 Å². The summed E-state index contributed by atoms with van der Waals surface area (Å²) in [6.07, 6.45) is 7.14. The molecule has 1 aliphatic rings. The van der Waals surface area contributed by atoms with Crippen LogP contribution in [0.25, 0.3) is 27.7 Å². The monoisotopic (exact) mass is 400 g/mol. The van der Waals surface area contributed by atoms with Crippen molar-refractivity contribution in [3.63, 3.8) is 0 Å². The molecule has 1 N–H and O–H groups in total. The van der Waals surface area contributed by atoms with Gasteiger partial charge in [-0.05, 0) is 54.8 Å². The predicted octanol–water partition coefficient (Wildman–Crippen LogP) is 5.11. The SMILES string of the molecule is CC=N/C=C(\C)c1cc2c(-c3ccc(OC4CCOCC4)c(C#N)c3)ccnc2[nH]1. The normalized spacial score (nSPS) is 15.6. The number of nitrogens with zero attached hydrogens (tertiary/aromatic N) is 3. The minimum atomic E-state index is 0.0945. The predicted molar refractivity (Wildman–Crippen MR) is 119 cm³/mol. The maximum absolute atomic E-state index is 9.70. The molecule has 0 aliphatic carbocycles. The van der Waals surface area contributed by atoms with Crippen LogP contribution >= 0.6 is 0 Å². The molecule has 0 radical (unpaired) electrons. The lowest BCUT2D eigenvalue weighted by Gasteiger charge is -2.23. The van der Waals surface area contributed by atoms with Gasteiger partial charge in [-0.1, -0.05) is 6.07 Å². The van der Waals surface area contributed by atoms with Gasteiger partial charge < -0.3 is 14.5 Å². The molecule has 30 heavy (non-hydrogen) atoms. The first-order chi connectivity index (χ1) is 14.7. The summed E-state index contributed by atoms with van der Waals surface area (Å²) in [6.45, 7) is 5.30. The largest absolute Gasteiger partial charge is 0.489 e. The third-order valence-electron chi connectivity index (χ3n) is 5.25. The highest BCUT2D eigenvalue weighted by Crippen LogP contribution is 2.33. The second-order valence-corrected chi connectivity index (χ2v) is 7.28. The molecule has 0 amide bonds. The maximum atomic E-state index is 9.70. The molecule has 152 valence electrons. The molecule has 4 rings (SSSR count). The Balaban J connectivity index is 1.69. The Kier molecular flexibility index (Phi) is 5.92. The quantitative estimate of drug-likeness (QED) is 0.603. The number of fused-ring (bicyclic) bond motifs is 1. The van der Waals surface area contributed by atoms with Crippen LogP contribution in [0, 0.1) is 11.3 Å². The van der Waals surface area contributed by atoms with Crippen LogP contribution in [0.5, 0.6) is 5.75 Å². The van der Waals surface area contributed by atoms with Crippen molar-refractivity contribution >= 4 is 22.8 Å². The number of nitrogens with one attached hydrogen (secondary N) is 1. The molecule has 1 saturated heterocycles. The van der Waals surface area contributed by atoms with E-state index < -0.39 is 0 Å². The number of H-pyrrole nitrogens is 1. The van der Waals surface area contributed by atoms with E-state index in [0.29, 0.717) is 24.5 Å². The molecular weight excluding hydrogens is 376 g/mol. The second-order valence-electron chi connectivity index (χ2n) is 7.28. The van der Waals surface area contributed by atoms with Gasteiger partial charge >= 0.3 is 0 Å². The molecule has 1 fully saturated rings. The highest BCUT2D eigenvalue weighted by molar-refractivity contribution is 5.95. The van der Waals surface area contributed by atoms with Crippen LogP contribution in [0.2, 0.25) is 0 Å². The fraction of sp³-hybridized carbons (Fsp3) is 0.292. The molecule has 0 unspecified atom stereocenters. The van der Waals surface area contributed by atoms with Gasteiger partial charge in [0.25, 0.3) is 0 Å². The number of aromatic amines is 1. The minimum Gasteiger partial charge on any atom is -0.489 e. The van der Waals surface area contributed by atoms with E-state index in [0.717, 1.165) is 46.3 Å². The number of benzene rings is 1. The van der Waals surface area contributed by atoms with Gasteiger partial charge in [-0.15, -0.1) is 0 Å². The molecule has 2 aromatic heterocycles. The zero-order chi connectivity index (χ0) is 20.9. The van der Waals surface area contributed by atoms with Crippen molar-refractivity contribution in [1.29, 1.82) is 5.26 Å². The third-order valence-corrected chi connectivity index (χ3v) is 5.25. The number of pyridine rings is 1. The van der Waals surface area contributed by atoms with Gasteiger partial charge in [0.2, 0.25) is 0 Å². The van der Waals surface area contributed by atoms with E-state index in [2.05, 4.69) is 27.1 Å². The summed E-state index contributed by atoms with van der Waals surface area (Å²) in [5, 5.41) is 10.7. The van der Waals surface area contributed by atoms with E-state index in [-0.39, 0.29) is 6.10 Å². The third kappa shape index (κ3) is 4.12.